The van der Waals surface area contributed by atoms with Gasteiger partial charge < -0.3 is 9.84 Å². The maximum atomic E-state index is 11.3. The number of aliphatic hydroxyl groups is 1. The van der Waals surface area contributed by atoms with Crippen LogP contribution >= 0.6 is 0 Å². The van der Waals surface area contributed by atoms with Gasteiger partial charge in [-0.05, 0) is 13.8 Å². The van der Waals surface area contributed by atoms with Crippen LogP contribution < -0.4 is 4.72 Å². The minimum Gasteiger partial charge on any atom is -0.389 e. The van der Waals surface area contributed by atoms with Crippen LogP contribution in [0.25, 0.3) is 0 Å². The van der Waals surface area contributed by atoms with E-state index in [0.29, 0.717) is 13.2 Å². The van der Waals surface area contributed by atoms with Crippen LogP contribution in [0.4, 0.5) is 0 Å². The molecule has 5 heteroatoms. The zero-order chi connectivity index (χ0) is 9.14. The molecular formula is C7H15NO3S. The number of rotatable bonds is 3. The molecule has 0 saturated carbocycles. The van der Waals surface area contributed by atoms with Gasteiger partial charge in [-0.3, -0.25) is 0 Å². The Labute approximate surface area is 74.9 Å². The molecule has 1 fully saturated rings. The van der Waals surface area contributed by atoms with Crippen molar-refractivity contribution in [1.29, 1.82) is 0 Å². The van der Waals surface area contributed by atoms with Crippen molar-refractivity contribution in [3.63, 3.8) is 0 Å². The number of aliphatic hydroxyl groups excluding tert-OH is 1. The lowest BCUT2D eigenvalue weighted by Gasteiger charge is -2.15. The molecule has 0 aromatic carbocycles. The first-order chi connectivity index (χ1) is 5.61. The van der Waals surface area contributed by atoms with Crippen molar-refractivity contribution in [3.8, 4) is 0 Å². The smallest absolute Gasteiger partial charge is 0.0958 e. The Kier molecular flexibility index (Phi) is 3.64. The van der Waals surface area contributed by atoms with Gasteiger partial charge in [0.15, 0.2) is 0 Å². The van der Waals surface area contributed by atoms with Crippen LogP contribution in [0.1, 0.15) is 13.8 Å². The Morgan fingerprint density at radius 2 is 2.25 bits per heavy atom. The summed E-state index contributed by atoms with van der Waals surface area (Å²) in [7, 11) is -1.07. The van der Waals surface area contributed by atoms with Crippen LogP contribution in [0.3, 0.4) is 0 Å². The van der Waals surface area contributed by atoms with Gasteiger partial charge in [0.25, 0.3) is 0 Å². The highest BCUT2D eigenvalue weighted by Crippen LogP contribution is 2.06. The first kappa shape index (κ1) is 10.1. The van der Waals surface area contributed by atoms with Crippen molar-refractivity contribution in [1.82, 2.24) is 4.72 Å². The van der Waals surface area contributed by atoms with E-state index in [2.05, 4.69) is 4.72 Å². The van der Waals surface area contributed by atoms with Crippen molar-refractivity contribution < 1.29 is 14.1 Å². The molecule has 1 aliphatic rings. The maximum Gasteiger partial charge on any atom is 0.0958 e. The molecular weight excluding hydrogens is 178 g/mol. The minimum atomic E-state index is -1.07. The standard InChI is InChI=1S/C7H15NO3S/c1-5(2)12(10)8-6-3-11-4-7(6)9/h5-9H,3-4H2,1-2H3/t6-,7-,12?/m1/s1. The summed E-state index contributed by atoms with van der Waals surface area (Å²) in [4.78, 5) is 0. The molecule has 12 heavy (non-hydrogen) atoms. The van der Waals surface area contributed by atoms with E-state index in [1.165, 1.54) is 0 Å². The van der Waals surface area contributed by atoms with Gasteiger partial charge in [0.1, 0.15) is 0 Å². The fourth-order valence-corrected chi connectivity index (χ4v) is 1.74. The van der Waals surface area contributed by atoms with Gasteiger partial charge in [-0.1, -0.05) is 0 Å². The highest BCUT2D eigenvalue weighted by Gasteiger charge is 2.27. The molecule has 1 aliphatic heterocycles. The largest absolute Gasteiger partial charge is 0.389 e. The molecule has 0 amide bonds. The highest BCUT2D eigenvalue weighted by molar-refractivity contribution is 7.83. The third kappa shape index (κ3) is 2.52. The predicted octanol–water partition coefficient (Wildman–Crippen LogP) is -0.592. The molecule has 0 bridgehead atoms. The topological polar surface area (TPSA) is 58.6 Å². The van der Waals surface area contributed by atoms with Crippen molar-refractivity contribution in [3.05, 3.63) is 0 Å². The molecule has 0 aliphatic carbocycles. The van der Waals surface area contributed by atoms with E-state index in [0.717, 1.165) is 0 Å². The number of nitrogens with one attached hydrogen (secondary N) is 1. The molecule has 1 saturated heterocycles. The lowest BCUT2D eigenvalue weighted by atomic mass is 10.2. The molecule has 3 atom stereocenters. The van der Waals surface area contributed by atoms with E-state index >= 15 is 0 Å². The fraction of sp³-hybridized carbons (Fsp3) is 1.00. The van der Waals surface area contributed by atoms with Crippen LogP contribution in [0, 0.1) is 0 Å². The molecule has 4 nitrogen and oxygen atoms in total. The third-order valence-corrected chi connectivity index (χ3v) is 3.14. The summed E-state index contributed by atoms with van der Waals surface area (Å²) in [5, 5.41) is 9.37. The van der Waals surface area contributed by atoms with Gasteiger partial charge in [0.2, 0.25) is 0 Å². The van der Waals surface area contributed by atoms with Crippen LogP contribution in [-0.2, 0) is 15.7 Å². The van der Waals surface area contributed by atoms with E-state index < -0.39 is 17.1 Å². The second-order valence-electron chi connectivity index (χ2n) is 3.18. The highest BCUT2D eigenvalue weighted by atomic mass is 32.2. The zero-order valence-electron chi connectivity index (χ0n) is 7.32. The Bertz CT molecular complexity index is 174. The lowest BCUT2D eigenvalue weighted by Crippen LogP contribution is -2.41. The summed E-state index contributed by atoms with van der Waals surface area (Å²) < 4.78 is 19.1. The number of hydrogen-bond donors (Lipinski definition) is 2. The Balaban J connectivity index is 2.35. The van der Waals surface area contributed by atoms with Gasteiger partial charge >= 0.3 is 0 Å². The summed E-state index contributed by atoms with van der Waals surface area (Å²) in [6.45, 7) is 4.52. The van der Waals surface area contributed by atoms with Gasteiger partial charge in [-0.25, -0.2) is 8.93 Å². The first-order valence-corrected chi connectivity index (χ1v) is 5.25. The van der Waals surface area contributed by atoms with E-state index in [-0.39, 0.29) is 11.3 Å². The lowest BCUT2D eigenvalue weighted by molar-refractivity contribution is 0.124. The fourth-order valence-electron chi connectivity index (χ4n) is 0.941. The van der Waals surface area contributed by atoms with E-state index in [4.69, 9.17) is 4.74 Å². The Morgan fingerprint density at radius 1 is 1.58 bits per heavy atom. The second-order valence-corrected chi connectivity index (χ2v) is 4.95. The Hall–Kier alpha value is 0.0300. The summed E-state index contributed by atoms with van der Waals surface area (Å²) >= 11 is 0. The summed E-state index contributed by atoms with van der Waals surface area (Å²) in [6, 6.07) is -0.173. The second kappa shape index (κ2) is 4.32. The van der Waals surface area contributed by atoms with Crippen LogP contribution in [0.2, 0.25) is 0 Å². The number of hydrogen-bond acceptors (Lipinski definition) is 3. The van der Waals surface area contributed by atoms with Crippen molar-refractivity contribution in [2.75, 3.05) is 13.2 Å². The average molecular weight is 193 g/mol. The predicted molar refractivity (Wildman–Crippen MR) is 47.0 cm³/mol. The van der Waals surface area contributed by atoms with Crippen LogP contribution in [0.5, 0.6) is 0 Å². The maximum absolute atomic E-state index is 11.3. The molecule has 0 spiro atoms. The molecule has 2 N–H and O–H groups in total. The molecule has 1 heterocycles. The SMILES string of the molecule is CC(C)S(=O)N[C@@H]1COC[C@H]1O. The molecule has 1 rings (SSSR count). The molecule has 72 valence electrons. The minimum absolute atomic E-state index is 0.0674. The van der Waals surface area contributed by atoms with E-state index in [1.807, 2.05) is 13.8 Å². The first-order valence-electron chi connectivity index (χ1n) is 4.04. The van der Waals surface area contributed by atoms with Crippen LogP contribution in [-0.4, -0.2) is 39.9 Å². The quantitative estimate of drug-likeness (QED) is 0.630. The van der Waals surface area contributed by atoms with Gasteiger partial charge in [0, 0.05) is 5.25 Å². The molecule has 0 aromatic heterocycles. The Morgan fingerprint density at radius 3 is 2.67 bits per heavy atom. The number of ether oxygens (including phenoxy) is 1. The molecule has 0 radical (unpaired) electrons. The zero-order valence-corrected chi connectivity index (χ0v) is 8.13. The van der Waals surface area contributed by atoms with Gasteiger partial charge in [-0.2, -0.15) is 0 Å². The van der Waals surface area contributed by atoms with E-state index in [9.17, 15) is 9.32 Å². The van der Waals surface area contributed by atoms with Gasteiger partial charge in [-0.15, -0.1) is 0 Å². The summed E-state index contributed by atoms with van der Waals surface area (Å²) in [6.07, 6.45) is -0.521. The molecule has 0 aromatic rings. The summed E-state index contributed by atoms with van der Waals surface area (Å²) in [5.41, 5.74) is 0. The van der Waals surface area contributed by atoms with Crippen molar-refractivity contribution in [2.24, 2.45) is 0 Å². The van der Waals surface area contributed by atoms with Crippen molar-refractivity contribution in [2.45, 2.75) is 31.2 Å². The van der Waals surface area contributed by atoms with Crippen molar-refractivity contribution >= 4 is 11.0 Å². The molecule has 1 unspecified atom stereocenters. The van der Waals surface area contributed by atoms with Gasteiger partial charge in [0.05, 0.1) is 36.3 Å². The van der Waals surface area contributed by atoms with Crippen LogP contribution in [0.15, 0.2) is 0 Å². The summed E-state index contributed by atoms with van der Waals surface area (Å²) in [5.74, 6) is 0. The normalized spacial score (nSPS) is 32.7. The average Bonchev–Trinajstić information content (AvgIpc) is 2.36. The third-order valence-electron chi connectivity index (χ3n) is 1.75. The monoisotopic (exact) mass is 193 g/mol. The van der Waals surface area contributed by atoms with E-state index in [1.54, 1.807) is 0 Å².